The molecule has 3 aliphatic heterocycles. The number of carbonyl (C=O) groups is 1. The smallest absolute Gasteiger partial charge is 0.254 e. The lowest BCUT2D eigenvalue weighted by molar-refractivity contribution is 0.00256. The van der Waals surface area contributed by atoms with Crippen LogP contribution in [0.5, 0.6) is 0 Å². The fraction of sp³-hybridized carbons (Fsp3) is 0.565. The number of pyridine rings is 1. The average molecular weight is 380 g/mol. The van der Waals surface area contributed by atoms with Crippen LogP contribution in [0.3, 0.4) is 0 Å². The van der Waals surface area contributed by atoms with Crippen LogP contribution in [0, 0.1) is 25.7 Å². The van der Waals surface area contributed by atoms with Gasteiger partial charge >= 0.3 is 0 Å². The molecule has 1 spiro atoms. The molecule has 1 aromatic heterocycles. The quantitative estimate of drug-likeness (QED) is 0.822. The highest BCUT2D eigenvalue weighted by molar-refractivity contribution is 5.98. The van der Waals surface area contributed by atoms with Crippen molar-refractivity contribution in [2.75, 3.05) is 33.7 Å². The molecule has 1 amide bonds. The number of aryl methyl sites for hydroxylation is 2. The Morgan fingerprint density at radius 3 is 2.93 bits per heavy atom. The van der Waals surface area contributed by atoms with E-state index in [9.17, 15) is 4.79 Å². The van der Waals surface area contributed by atoms with Crippen molar-refractivity contribution in [3.8, 4) is 0 Å². The average Bonchev–Trinajstić information content (AvgIpc) is 3.29. The highest BCUT2D eigenvalue weighted by Gasteiger charge is 2.63. The number of likely N-dealkylation sites (tertiary alicyclic amines) is 1. The molecule has 3 saturated heterocycles. The van der Waals surface area contributed by atoms with E-state index in [1.54, 1.807) is 0 Å². The number of benzene rings is 1. The van der Waals surface area contributed by atoms with E-state index >= 15 is 0 Å². The Bertz CT molecular complexity index is 956. The summed E-state index contributed by atoms with van der Waals surface area (Å²) in [5.41, 5.74) is 3.72. The maximum atomic E-state index is 13.3. The molecular weight excluding hydrogens is 350 g/mol. The molecule has 0 aliphatic carbocycles. The molecule has 28 heavy (non-hydrogen) atoms. The molecule has 1 aromatic carbocycles. The van der Waals surface area contributed by atoms with Gasteiger partial charge in [-0.3, -0.25) is 9.78 Å². The predicted molar refractivity (Wildman–Crippen MR) is 109 cm³/mol. The minimum Gasteiger partial charge on any atom is -0.369 e. The summed E-state index contributed by atoms with van der Waals surface area (Å²) in [6.45, 7) is 6.68. The van der Waals surface area contributed by atoms with Crippen LogP contribution in [0.15, 0.2) is 24.3 Å². The minimum absolute atomic E-state index is 0.108. The maximum absolute atomic E-state index is 13.3. The second-order valence-corrected chi connectivity index (χ2v) is 9.29. The minimum atomic E-state index is -0.108. The van der Waals surface area contributed by atoms with Gasteiger partial charge in [-0.25, -0.2) is 0 Å². The number of hydrogen-bond acceptors (Lipinski definition) is 4. The summed E-state index contributed by atoms with van der Waals surface area (Å²) in [4.78, 5) is 22.3. The van der Waals surface area contributed by atoms with E-state index in [-0.39, 0.29) is 11.5 Å². The lowest BCUT2D eigenvalue weighted by atomic mass is 9.73. The Balaban J connectivity index is 1.42. The highest BCUT2D eigenvalue weighted by atomic mass is 16.5. The summed E-state index contributed by atoms with van der Waals surface area (Å²) in [5.74, 6) is 1.10. The van der Waals surface area contributed by atoms with Crippen LogP contribution in [0.2, 0.25) is 0 Å². The van der Waals surface area contributed by atoms with Gasteiger partial charge in [0.15, 0.2) is 0 Å². The van der Waals surface area contributed by atoms with Gasteiger partial charge in [-0.05, 0) is 64.5 Å². The van der Waals surface area contributed by atoms with E-state index in [2.05, 4.69) is 37.0 Å². The highest BCUT2D eigenvalue weighted by Crippen LogP contribution is 2.55. The van der Waals surface area contributed by atoms with Crippen LogP contribution in [0.1, 0.15) is 34.5 Å². The van der Waals surface area contributed by atoms with Gasteiger partial charge in [0.1, 0.15) is 0 Å². The number of nitrogens with zero attached hydrogens (tertiary/aromatic N) is 3. The van der Waals surface area contributed by atoms with Crippen LogP contribution in [-0.2, 0) is 4.74 Å². The molecule has 0 unspecified atom stereocenters. The van der Waals surface area contributed by atoms with Crippen molar-refractivity contribution in [2.24, 2.45) is 11.8 Å². The Morgan fingerprint density at radius 2 is 2.14 bits per heavy atom. The first-order valence-electron chi connectivity index (χ1n) is 10.4. The molecule has 3 fully saturated rings. The molecule has 5 rings (SSSR count). The van der Waals surface area contributed by atoms with Crippen LogP contribution >= 0.6 is 0 Å². The number of amides is 1. The third-order valence-electron chi connectivity index (χ3n) is 7.04. The third-order valence-corrected chi connectivity index (χ3v) is 7.04. The SMILES string of the molecule is Cc1cc(C)c2ccc(C(=O)N3C[C@@H]4[C@H](CN(C)C)[C@H]5CC[C@]4(C3)O5)cc2n1. The summed E-state index contributed by atoms with van der Waals surface area (Å²) in [7, 11) is 4.26. The van der Waals surface area contributed by atoms with E-state index in [4.69, 9.17) is 4.74 Å². The zero-order valence-electron chi connectivity index (χ0n) is 17.2. The largest absolute Gasteiger partial charge is 0.369 e. The van der Waals surface area contributed by atoms with Crippen LogP contribution in [0.25, 0.3) is 10.9 Å². The molecule has 3 aliphatic rings. The van der Waals surface area contributed by atoms with Crippen LogP contribution in [-0.4, -0.2) is 66.1 Å². The normalized spacial score (nSPS) is 31.2. The predicted octanol–water partition coefficient (Wildman–Crippen LogP) is 3.03. The second-order valence-electron chi connectivity index (χ2n) is 9.29. The number of aromatic nitrogens is 1. The van der Waals surface area contributed by atoms with Gasteiger partial charge < -0.3 is 14.5 Å². The molecule has 5 nitrogen and oxygen atoms in total. The Kier molecular flexibility index (Phi) is 4.04. The van der Waals surface area contributed by atoms with Crippen molar-refractivity contribution < 1.29 is 9.53 Å². The first-order chi connectivity index (χ1) is 13.4. The number of fused-ring (bicyclic) bond motifs is 2. The van der Waals surface area contributed by atoms with Crippen molar-refractivity contribution in [2.45, 2.75) is 38.4 Å². The molecule has 2 bridgehead atoms. The number of rotatable bonds is 3. The van der Waals surface area contributed by atoms with Crippen molar-refractivity contribution in [3.63, 3.8) is 0 Å². The third kappa shape index (κ3) is 2.67. The number of hydrogen-bond donors (Lipinski definition) is 0. The van der Waals surface area contributed by atoms with Crippen molar-refractivity contribution in [1.82, 2.24) is 14.8 Å². The summed E-state index contributed by atoms with van der Waals surface area (Å²) in [5, 5.41) is 1.12. The van der Waals surface area contributed by atoms with Gasteiger partial charge in [-0.15, -0.1) is 0 Å². The van der Waals surface area contributed by atoms with Crippen molar-refractivity contribution in [3.05, 3.63) is 41.1 Å². The standard InChI is InChI=1S/C23H29N3O2/c1-14-9-15(2)24-20-10-16(5-6-17(14)20)22(27)26-12-19-18(11-25(3)4)21-7-8-23(19,13-26)28-21/h5-6,9-10,18-19,21H,7-8,11-13H2,1-4H3/t18-,19+,21+,23+/m0/s1. The van der Waals surface area contributed by atoms with Crippen LogP contribution < -0.4 is 0 Å². The Hall–Kier alpha value is -1.98. The van der Waals surface area contributed by atoms with E-state index < -0.39 is 0 Å². The molecule has 2 aromatic rings. The molecule has 0 radical (unpaired) electrons. The zero-order valence-corrected chi connectivity index (χ0v) is 17.2. The summed E-state index contributed by atoms with van der Waals surface area (Å²) < 4.78 is 6.48. The Morgan fingerprint density at radius 1 is 1.32 bits per heavy atom. The van der Waals surface area contributed by atoms with E-state index in [0.717, 1.165) is 54.6 Å². The van der Waals surface area contributed by atoms with Gasteiger partial charge in [0, 0.05) is 41.6 Å². The summed E-state index contributed by atoms with van der Waals surface area (Å²) >= 11 is 0. The monoisotopic (exact) mass is 379 g/mol. The van der Waals surface area contributed by atoms with Gasteiger partial charge in [0.05, 0.1) is 23.8 Å². The van der Waals surface area contributed by atoms with Crippen molar-refractivity contribution >= 4 is 16.8 Å². The van der Waals surface area contributed by atoms with Gasteiger partial charge in [0.2, 0.25) is 0 Å². The number of ether oxygens (including phenoxy) is 1. The van der Waals surface area contributed by atoms with Gasteiger partial charge in [0.25, 0.3) is 5.91 Å². The molecule has 0 N–H and O–H groups in total. The van der Waals surface area contributed by atoms with Crippen LogP contribution in [0.4, 0.5) is 0 Å². The molecule has 4 heterocycles. The summed E-state index contributed by atoms with van der Waals surface area (Å²) in [6.07, 6.45) is 2.60. The topological polar surface area (TPSA) is 45.7 Å². The lowest BCUT2D eigenvalue weighted by Crippen LogP contribution is -2.40. The zero-order chi connectivity index (χ0) is 19.6. The fourth-order valence-corrected chi connectivity index (χ4v) is 5.90. The van der Waals surface area contributed by atoms with E-state index in [0.29, 0.717) is 17.9 Å². The van der Waals surface area contributed by atoms with Crippen molar-refractivity contribution in [1.29, 1.82) is 0 Å². The fourth-order valence-electron chi connectivity index (χ4n) is 5.90. The van der Waals surface area contributed by atoms with Gasteiger partial charge in [-0.2, -0.15) is 0 Å². The maximum Gasteiger partial charge on any atom is 0.254 e. The summed E-state index contributed by atoms with van der Waals surface area (Å²) in [6, 6.07) is 8.04. The van der Waals surface area contributed by atoms with Gasteiger partial charge in [-0.1, -0.05) is 6.07 Å². The molecule has 0 saturated carbocycles. The molecule has 4 atom stereocenters. The van der Waals surface area contributed by atoms with E-state index in [1.165, 1.54) is 5.56 Å². The second kappa shape index (κ2) is 6.26. The molecule has 148 valence electrons. The first-order valence-corrected chi connectivity index (χ1v) is 10.4. The molecule has 5 heteroatoms. The van der Waals surface area contributed by atoms with E-state index in [1.807, 2.05) is 30.0 Å². The Labute approximate surface area is 166 Å². The molecular formula is C23H29N3O2. The number of carbonyl (C=O) groups excluding carboxylic acids is 1. The lowest BCUT2D eigenvalue weighted by Gasteiger charge is -2.30. The first kappa shape index (κ1) is 18.1.